The summed E-state index contributed by atoms with van der Waals surface area (Å²) < 4.78 is 0. The third kappa shape index (κ3) is 6.58. The number of ketones is 1. The van der Waals surface area contributed by atoms with Gasteiger partial charge in [0.15, 0.2) is 0 Å². The average Bonchev–Trinajstić information content (AvgIpc) is 2.92. The molecule has 0 saturated carbocycles. The van der Waals surface area contributed by atoms with E-state index in [1.165, 1.54) is 5.01 Å². The Morgan fingerprint density at radius 2 is 1.68 bits per heavy atom. The summed E-state index contributed by atoms with van der Waals surface area (Å²) in [4.78, 5) is 57.9. The summed E-state index contributed by atoms with van der Waals surface area (Å²) in [5.74, 6) is -1.60. The molecule has 40 heavy (non-hydrogen) atoms. The minimum Gasteiger partial charge on any atom is -0.347 e. The zero-order chi connectivity index (χ0) is 29.2. The lowest BCUT2D eigenvalue weighted by Gasteiger charge is -2.35. The SMILES string of the molecule is CC(C)[C@@H]1CC(=O)C(C)(C)/C=C/c2ccc3ccc(nc3c2)[C@@H](C)NC(=O)[C@@H]2CCCN(N2)C(=O)[C@H](C)NC1=O. The van der Waals surface area contributed by atoms with Crippen LogP contribution < -0.4 is 16.1 Å². The van der Waals surface area contributed by atoms with Gasteiger partial charge in [-0.3, -0.25) is 29.2 Å². The number of pyridine rings is 1. The number of allylic oxidation sites excluding steroid dienone is 1. The van der Waals surface area contributed by atoms with Crippen molar-refractivity contribution in [1.29, 1.82) is 0 Å². The van der Waals surface area contributed by atoms with Gasteiger partial charge < -0.3 is 10.6 Å². The van der Waals surface area contributed by atoms with Crippen LogP contribution in [0.25, 0.3) is 17.0 Å². The van der Waals surface area contributed by atoms with E-state index in [1.54, 1.807) is 6.92 Å². The van der Waals surface area contributed by atoms with E-state index >= 15 is 0 Å². The molecule has 3 heterocycles. The summed E-state index contributed by atoms with van der Waals surface area (Å²) in [5.41, 5.74) is 4.66. The van der Waals surface area contributed by atoms with Crippen molar-refractivity contribution in [3.63, 3.8) is 0 Å². The van der Waals surface area contributed by atoms with Crippen molar-refractivity contribution in [2.45, 2.75) is 78.9 Å². The van der Waals surface area contributed by atoms with E-state index in [0.29, 0.717) is 19.4 Å². The first-order valence-electron chi connectivity index (χ1n) is 14.2. The largest absolute Gasteiger partial charge is 0.347 e. The Morgan fingerprint density at radius 1 is 0.975 bits per heavy atom. The molecule has 0 spiro atoms. The summed E-state index contributed by atoms with van der Waals surface area (Å²) in [6, 6.07) is 8.06. The molecule has 4 rings (SSSR count). The monoisotopic (exact) mass is 547 g/mol. The van der Waals surface area contributed by atoms with Gasteiger partial charge >= 0.3 is 0 Å². The molecule has 1 saturated heterocycles. The predicted molar refractivity (Wildman–Crippen MR) is 155 cm³/mol. The van der Waals surface area contributed by atoms with E-state index in [0.717, 1.165) is 22.2 Å². The molecule has 0 unspecified atom stereocenters. The molecule has 9 heteroatoms. The molecule has 3 N–H and O–H groups in total. The summed E-state index contributed by atoms with van der Waals surface area (Å²) >= 11 is 0. The zero-order valence-electron chi connectivity index (χ0n) is 24.3. The van der Waals surface area contributed by atoms with Crippen LogP contribution in [-0.2, 0) is 19.2 Å². The van der Waals surface area contributed by atoms with Gasteiger partial charge in [-0.25, -0.2) is 5.43 Å². The number of fused-ring (bicyclic) bond motifs is 4. The number of nitrogens with one attached hydrogen (secondary N) is 3. The fourth-order valence-corrected chi connectivity index (χ4v) is 5.12. The first-order chi connectivity index (χ1) is 18.9. The Bertz CT molecular complexity index is 1330. The summed E-state index contributed by atoms with van der Waals surface area (Å²) in [5, 5.41) is 8.24. The van der Waals surface area contributed by atoms with Crippen molar-refractivity contribution in [3.8, 4) is 0 Å². The number of hydrogen-bond donors (Lipinski definition) is 3. The second-order valence-electron chi connectivity index (χ2n) is 12.0. The summed E-state index contributed by atoms with van der Waals surface area (Å²) in [7, 11) is 0. The Morgan fingerprint density at radius 3 is 2.40 bits per heavy atom. The highest BCUT2D eigenvalue weighted by Crippen LogP contribution is 2.28. The molecule has 1 aromatic carbocycles. The highest BCUT2D eigenvalue weighted by Gasteiger charge is 2.35. The molecule has 2 aliphatic heterocycles. The lowest BCUT2D eigenvalue weighted by atomic mass is 9.79. The van der Waals surface area contributed by atoms with Crippen LogP contribution in [0.2, 0.25) is 0 Å². The highest BCUT2D eigenvalue weighted by atomic mass is 16.2. The van der Waals surface area contributed by atoms with Crippen molar-refractivity contribution in [3.05, 3.63) is 47.7 Å². The van der Waals surface area contributed by atoms with E-state index in [9.17, 15) is 19.2 Å². The number of hydrazine groups is 1. The van der Waals surface area contributed by atoms with Crippen molar-refractivity contribution >= 4 is 40.5 Å². The quantitative estimate of drug-likeness (QED) is 0.501. The number of Topliss-reactive ketones (excluding diaryl/α,β-unsaturated/α-hetero) is 1. The van der Waals surface area contributed by atoms with Crippen LogP contribution in [0.3, 0.4) is 0 Å². The van der Waals surface area contributed by atoms with E-state index in [2.05, 4.69) is 16.1 Å². The van der Waals surface area contributed by atoms with Gasteiger partial charge in [0.1, 0.15) is 17.9 Å². The van der Waals surface area contributed by atoms with Crippen molar-refractivity contribution in [2.75, 3.05) is 6.54 Å². The van der Waals surface area contributed by atoms with Gasteiger partial charge in [0, 0.05) is 29.7 Å². The molecule has 2 aliphatic rings. The third-order valence-electron chi connectivity index (χ3n) is 8.00. The fraction of sp³-hybridized carbons (Fsp3) is 0.516. The van der Waals surface area contributed by atoms with Crippen molar-refractivity contribution in [1.82, 2.24) is 26.1 Å². The van der Waals surface area contributed by atoms with Gasteiger partial charge in [0.25, 0.3) is 5.91 Å². The number of nitrogens with zero attached hydrogens (tertiary/aromatic N) is 2. The molecule has 3 amide bonds. The average molecular weight is 548 g/mol. The smallest absolute Gasteiger partial charge is 0.258 e. The van der Waals surface area contributed by atoms with Crippen LogP contribution in [0, 0.1) is 17.3 Å². The maximum atomic E-state index is 13.4. The number of benzene rings is 1. The van der Waals surface area contributed by atoms with Crippen molar-refractivity contribution < 1.29 is 19.2 Å². The Hall–Kier alpha value is -3.59. The molecular weight excluding hydrogens is 506 g/mol. The Balaban J connectivity index is 1.70. The van der Waals surface area contributed by atoms with Gasteiger partial charge in [0.05, 0.1) is 17.3 Å². The van der Waals surface area contributed by atoms with Gasteiger partial charge in [0.2, 0.25) is 11.8 Å². The maximum Gasteiger partial charge on any atom is 0.258 e. The molecule has 1 aromatic heterocycles. The molecular formula is C31H41N5O4. The number of carbonyl (C=O) groups is 4. The number of hydrogen-bond acceptors (Lipinski definition) is 6. The second kappa shape index (κ2) is 11.9. The summed E-state index contributed by atoms with van der Waals surface area (Å²) in [6.07, 6.45) is 5.06. The van der Waals surface area contributed by atoms with E-state index in [1.807, 2.05) is 77.1 Å². The fourth-order valence-electron chi connectivity index (χ4n) is 5.12. The molecule has 4 atom stereocenters. The van der Waals surface area contributed by atoms with Gasteiger partial charge in [-0.2, -0.15) is 0 Å². The molecule has 0 radical (unpaired) electrons. The predicted octanol–water partition coefficient (Wildman–Crippen LogP) is 3.70. The van der Waals surface area contributed by atoms with Crippen LogP contribution in [0.4, 0.5) is 0 Å². The lowest BCUT2D eigenvalue weighted by Crippen LogP contribution is -2.61. The molecule has 5 bridgehead atoms. The summed E-state index contributed by atoms with van der Waals surface area (Å²) in [6.45, 7) is 11.5. The second-order valence-corrected chi connectivity index (χ2v) is 12.0. The zero-order valence-corrected chi connectivity index (χ0v) is 24.3. The molecule has 9 nitrogen and oxygen atoms in total. The lowest BCUT2D eigenvalue weighted by molar-refractivity contribution is -0.144. The third-order valence-corrected chi connectivity index (χ3v) is 8.00. The minimum atomic E-state index is -0.818. The van der Waals surface area contributed by atoms with E-state index in [-0.39, 0.29) is 41.9 Å². The Labute approximate surface area is 236 Å². The standard InChI is InChI=1S/C31H41N5O4/c1-18(2)23-17-27(37)31(5,6)14-13-21-9-10-22-11-12-24(34-26(22)16-21)19(3)32-29(39)25-8-7-15-36(35-25)30(40)20(4)33-28(23)38/h9-14,16,18-20,23,25,35H,7-8,15,17H2,1-6H3,(H,32,39)(H,33,38)/b14-13+/t19-,20+,23+,25+/m1/s1. The number of amides is 3. The number of carbonyl (C=O) groups excluding carboxylic acids is 4. The first-order valence-corrected chi connectivity index (χ1v) is 14.2. The first kappa shape index (κ1) is 29.4. The molecule has 214 valence electrons. The van der Waals surface area contributed by atoms with Crippen LogP contribution >= 0.6 is 0 Å². The topological polar surface area (TPSA) is 120 Å². The number of rotatable bonds is 1. The maximum absolute atomic E-state index is 13.4. The van der Waals surface area contributed by atoms with Crippen molar-refractivity contribution in [2.24, 2.45) is 17.3 Å². The van der Waals surface area contributed by atoms with E-state index < -0.39 is 23.4 Å². The van der Waals surface area contributed by atoms with Crippen LogP contribution in [0.1, 0.15) is 78.1 Å². The molecule has 1 fully saturated rings. The van der Waals surface area contributed by atoms with Crippen LogP contribution in [0.5, 0.6) is 0 Å². The Kier molecular flexibility index (Phi) is 8.73. The van der Waals surface area contributed by atoms with Gasteiger partial charge in [-0.1, -0.05) is 44.2 Å². The highest BCUT2D eigenvalue weighted by molar-refractivity contribution is 5.94. The normalized spacial score (nSPS) is 27.4. The van der Waals surface area contributed by atoms with Crippen LogP contribution in [-0.4, -0.2) is 52.1 Å². The van der Waals surface area contributed by atoms with Crippen LogP contribution in [0.15, 0.2) is 36.4 Å². The van der Waals surface area contributed by atoms with Gasteiger partial charge in [-0.15, -0.1) is 0 Å². The number of aromatic nitrogens is 1. The van der Waals surface area contributed by atoms with Gasteiger partial charge in [-0.05, 0) is 64.2 Å². The minimum absolute atomic E-state index is 0.0531. The molecule has 2 aromatic rings. The molecule has 0 aliphatic carbocycles. The van der Waals surface area contributed by atoms with E-state index in [4.69, 9.17) is 4.98 Å².